The largest absolute Gasteiger partial charge is 0.447 e. The maximum absolute atomic E-state index is 11.2. The van der Waals surface area contributed by atoms with Gasteiger partial charge in [-0.25, -0.2) is 0 Å². The van der Waals surface area contributed by atoms with Crippen molar-refractivity contribution < 1.29 is 9.82 Å². The summed E-state index contributed by atoms with van der Waals surface area (Å²) in [5, 5.41) is 9.23. The fourth-order valence-corrected chi connectivity index (χ4v) is 1.15. The SMILES string of the molecule is CCC(=O)c1ccc(B(C)O)cc1. The molecular weight excluding hydrogens is 163 g/mol. The van der Waals surface area contributed by atoms with Crippen LogP contribution >= 0.6 is 0 Å². The number of carbonyl (C=O) groups excluding carboxylic acids is 1. The van der Waals surface area contributed by atoms with Crippen LogP contribution in [0.4, 0.5) is 0 Å². The molecule has 0 aromatic heterocycles. The first-order valence-electron chi connectivity index (χ1n) is 4.46. The highest BCUT2D eigenvalue weighted by atomic mass is 16.2. The number of benzene rings is 1. The Kier molecular flexibility index (Phi) is 3.26. The monoisotopic (exact) mass is 176 g/mol. The second-order valence-corrected chi connectivity index (χ2v) is 3.07. The first-order chi connectivity index (χ1) is 6.15. The van der Waals surface area contributed by atoms with E-state index in [0.29, 0.717) is 12.0 Å². The molecule has 0 saturated heterocycles. The number of hydrogen-bond donors (Lipinski definition) is 1. The van der Waals surface area contributed by atoms with E-state index in [-0.39, 0.29) is 5.78 Å². The summed E-state index contributed by atoms with van der Waals surface area (Å²) in [4.78, 5) is 11.2. The van der Waals surface area contributed by atoms with E-state index in [9.17, 15) is 9.82 Å². The maximum atomic E-state index is 11.2. The summed E-state index contributed by atoms with van der Waals surface area (Å²) in [5.74, 6) is 0.136. The smallest absolute Gasteiger partial charge is 0.320 e. The lowest BCUT2D eigenvalue weighted by Crippen LogP contribution is -2.25. The zero-order chi connectivity index (χ0) is 9.84. The number of hydrogen-bond acceptors (Lipinski definition) is 2. The van der Waals surface area contributed by atoms with Gasteiger partial charge in [0.15, 0.2) is 5.78 Å². The normalized spacial score (nSPS) is 9.77. The fourth-order valence-electron chi connectivity index (χ4n) is 1.15. The van der Waals surface area contributed by atoms with Gasteiger partial charge in [-0.2, -0.15) is 0 Å². The van der Waals surface area contributed by atoms with E-state index in [0.717, 1.165) is 5.46 Å². The maximum Gasteiger partial charge on any atom is 0.320 e. The predicted molar refractivity (Wildman–Crippen MR) is 54.5 cm³/mol. The summed E-state index contributed by atoms with van der Waals surface area (Å²) in [7, 11) is 0. The van der Waals surface area contributed by atoms with Gasteiger partial charge >= 0.3 is 6.92 Å². The first kappa shape index (κ1) is 10.00. The van der Waals surface area contributed by atoms with Crippen molar-refractivity contribution in [3.8, 4) is 0 Å². The van der Waals surface area contributed by atoms with Crippen molar-refractivity contribution in [1.82, 2.24) is 0 Å². The lowest BCUT2D eigenvalue weighted by Gasteiger charge is -2.01. The van der Waals surface area contributed by atoms with Crippen LogP contribution in [-0.2, 0) is 0 Å². The molecule has 0 saturated carbocycles. The molecule has 13 heavy (non-hydrogen) atoms. The summed E-state index contributed by atoms with van der Waals surface area (Å²) in [6.45, 7) is 3.08. The quantitative estimate of drug-likeness (QED) is 0.553. The van der Waals surface area contributed by atoms with E-state index in [1.54, 1.807) is 31.1 Å². The highest BCUT2D eigenvalue weighted by Crippen LogP contribution is 2.01. The summed E-state index contributed by atoms with van der Waals surface area (Å²) >= 11 is 0. The van der Waals surface area contributed by atoms with E-state index < -0.39 is 6.92 Å². The molecule has 0 unspecified atom stereocenters. The second-order valence-electron chi connectivity index (χ2n) is 3.07. The molecule has 2 nitrogen and oxygen atoms in total. The third kappa shape index (κ3) is 2.42. The zero-order valence-electron chi connectivity index (χ0n) is 7.95. The molecule has 0 atom stereocenters. The number of carbonyl (C=O) groups is 1. The molecule has 0 heterocycles. The predicted octanol–water partition coefficient (Wildman–Crippen LogP) is 1.10. The van der Waals surface area contributed by atoms with Crippen molar-refractivity contribution >= 4 is 18.2 Å². The van der Waals surface area contributed by atoms with Gasteiger partial charge in [-0.3, -0.25) is 4.79 Å². The van der Waals surface area contributed by atoms with Crippen molar-refractivity contribution in [2.75, 3.05) is 0 Å². The highest BCUT2D eigenvalue weighted by Gasteiger charge is 2.07. The van der Waals surface area contributed by atoms with Crippen LogP contribution in [0.15, 0.2) is 24.3 Å². The van der Waals surface area contributed by atoms with Crippen molar-refractivity contribution in [3.63, 3.8) is 0 Å². The number of ketones is 1. The van der Waals surface area contributed by atoms with E-state index in [1.807, 2.05) is 6.92 Å². The Morgan fingerprint density at radius 2 is 1.92 bits per heavy atom. The van der Waals surface area contributed by atoms with Crippen LogP contribution in [0.5, 0.6) is 0 Å². The van der Waals surface area contributed by atoms with Crippen molar-refractivity contribution in [3.05, 3.63) is 29.8 Å². The van der Waals surface area contributed by atoms with Crippen LogP contribution in [0.2, 0.25) is 6.82 Å². The minimum atomic E-state index is -0.467. The van der Waals surface area contributed by atoms with Gasteiger partial charge in [0.2, 0.25) is 0 Å². The molecule has 1 aromatic carbocycles. The van der Waals surface area contributed by atoms with Gasteiger partial charge in [-0.1, -0.05) is 38.0 Å². The van der Waals surface area contributed by atoms with Crippen LogP contribution in [-0.4, -0.2) is 17.7 Å². The molecule has 0 radical (unpaired) electrons. The topological polar surface area (TPSA) is 37.3 Å². The van der Waals surface area contributed by atoms with Crippen LogP contribution in [0, 0.1) is 0 Å². The Morgan fingerprint density at radius 3 is 2.31 bits per heavy atom. The third-order valence-electron chi connectivity index (χ3n) is 2.04. The van der Waals surface area contributed by atoms with Crippen LogP contribution < -0.4 is 5.46 Å². The Balaban J connectivity index is 2.87. The van der Waals surface area contributed by atoms with Crippen LogP contribution in [0.1, 0.15) is 23.7 Å². The first-order valence-corrected chi connectivity index (χ1v) is 4.46. The van der Waals surface area contributed by atoms with Gasteiger partial charge < -0.3 is 5.02 Å². The summed E-state index contributed by atoms with van der Waals surface area (Å²) in [6, 6.07) is 7.09. The van der Waals surface area contributed by atoms with E-state index >= 15 is 0 Å². The minimum Gasteiger partial charge on any atom is -0.447 e. The molecule has 0 fully saturated rings. The summed E-state index contributed by atoms with van der Waals surface area (Å²) in [5.41, 5.74) is 1.56. The summed E-state index contributed by atoms with van der Waals surface area (Å²) < 4.78 is 0. The van der Waals surface area contributed by atoms with Crippen LogP contribution in [0.3, 0.4) is 0 Å². The molecule has 0 aliphatic rings. The Hall–Kier alpha value is -1.09. The molecule has 0 amide bonds. The molecule has 1 rings (SSSR count). The molecule has 0 spiro atoms. The lowest BCUT2D eigenvalue weighted by atomic mass is 9.64. The third-order valence-corrected chi connectivity index (χ3v) is 2.04. The molecule has 1 aromatic rings. The molecule has 0 bridgehead atoms. The van der Waals surface area contributed by atoms with Crippen LogP contribution in [0.25, 0.3) is 0 Å². The number of rotatable bonds is 3. The highest BCUT2D eigenvalue weighted by molar-refractivity contribution is 6.64. The minimum absolute atomic E-state index is 0.136. The summed E-state index contributed by atoms with van der Waals surface area (Å²) in [6.07, 6.45) is 0.522. The standard InChI is InChI=1S/C10H13BO2/c1-3-10(12)8-4-6-9(7-5-8)11(2)13/h4-7,13H,3H2,1-2H3. The fraction of sp³-hybridized carbons (Fsp3) is 0.300. The molecule has 0 aliphatic heterocycles. The van der Waals surface area contributed by atoms with Gasteiger partial charge in [0.1, 0.15) is 0 Å². The molecule has 0 aliphatic carbocycles. The van der Waals surface area contributed by atoms with Crippen molar-refractivity contribution in [2.45, 2.75) is 20.2 Å². The average molecular weight is 176 g/mol. The Labute approximate surface area is 78.7 Å². The zero-order valence-corrected chi connectivity index (χ0v) is 7.95. The molecule has 68 valence electrons. The van der Waals surface area contributed by atoms with Gasteiger partial charge in [0.25, 0.3) is 0 Å². The average Bonchev–Trinajstić information content (AvgIpc) is 2.17. The van der Waals surface area contributed by atoms with Gasteiger partial charge in [0, 0.05) is 12.0 Å². The van der Waals surface area contributed by atoms with E-state index in [2.05, 4.69) is 0 Å². The molecule has 3 heteroatoms. The second kappa shape index (κ2) is 4.24. The van der Waals surface area contributed by atoms with Gasteiger partial charge in [0.05, 0.1) is 0 Å². The van der Waals surface area contributed by atoms with E-state index in [1.165, 1.54) is 0 Å². The van der Waals surface area contributed by atoms with Gasteiger partial charge in [-0.05, 0) is 5.46 Å². The lowest BCUT2D eigenvalue weighted by molar-refractivity contribution is 0.0988. The molecule has 1 N–H and O–H groups in total. The van der Waals surface area contributed by atoms with Gasteiger partial charge in [-0.15, -0.1) is 0 Å². The van der Waals surface area contributed by atoms with E-state index in [4.69, 9.17) is 0 Å². The van der Waals surface area contributed by atoms with Crippen molar-refractivity contribution in [1.29, 1.82) is 0 Å². The number of Topliss-reactive ketones (excluding diaryl/α,β-unsaturated/α-hetero) is 1. The van der Waals surface area contributed by atoms with Crippen molar-refractivity contribution in [2.24, 2.45) is 0 Å². The Bertz CT molecular complexity index is 290. The Morgan fingerprint density at radius 1 is 1.38 bits per heavy atom. The molecular formula is C10H13BO2.